The van der Waals surface area contributed by atoms with Crippen LogP contribution in [0.4, 0.5) is 0 Å². The molecule has 1 aromatic carbocycles. The number of thiocarbonyl (C=S) groups is 1. The molecule has 82 valence electrons. The highest BCUT2D eigenvalue weighted by Gasteiger charge is 2.03. The van der Waals surface area contributed by atoms with E-state index < -0.39 is 0 Å². The maximum atomic E-state index is 5.54. The Morgan fingerprint density at radius 1 is 1.31 bits per heavy atom. The predicted octanol–water partition coefficient (Wildman–Crippen LogP) is 1.76. The fraction of sp³-hybridized carbons (Fsp3) is 0.167. The molecule has 1 aromatic heterocycles. The van der Waals surface area contributed by atoms with Gasteiger partial charge < -0.3 is 10.3 Å². The van der Waals surface area contributed by atoms with Gasteiger partial charge in [0.15, 0.2) is 0 Å². The maximum Gasteiger partial charge on any atom is 0.0951 e. The lowest BCUT2D eigenvalue weighted by atomic mass is 10.2. The van der Waals surface area contributed by atoms with Gasteiger partial charge in [-0.2, -0.15) is 0 Å². The summed E-state index contributed by atoms with van der Waals surface area (Å²) in [5.41, 5.74) is 7.83. The molecule has 0 unspecified atom stereocenters. The number of benzene rings is 1. The van der Waals surface area contributed by atoms with Crippen LogP contribution in [0.3, 0.4) is 0 Å². The molecule has 3 nitrogen and oxygen atoms in total. The van der Waals surface area contributed by atoms with Crippen LogP contribution in [0.25, 0.3) is 0 Å². The standard InChI is InChI=1S/C12H13N3S/c13-12(16)6-11-7-14-9-15(11)8-10-4-2-1-3-5-10/h1-5,7,9H,6,8H2,(H2,13,16). The van der Waals surface area contributed by atoms with Crippen LogP contribution in [-0.2, 0) is 13.0 Å². The van der Waals surface area contributed by atoms with E-state index in [2.05, 4.69) is 21.7 Å². The van der Waals surface area contributed by atoms with Crippen molar-refractivity contribution < 1.29 is 0 Å². The summed E-state index contributed by atoms with van der Waals surface area (Å²) in [6, 6.07) is 10.2. The van der Waals surface area contributed by atoms with Gasteiger partial charge in [-0.1, -0.05) is 42.5 Å². The Bertz CT molecular complexity index is 476. The second-order valence-corrected chi connectivity index (χ2v) is 4.17. The van der Waals surface area contributed by atoms with E-state index in [4.69, 9.17) is 18.0 Å². The largest absolute Gasteiger partial charge is 0.393 e. The first-order chi connectivity index (χ1) is 7.75. The lowest BCUT2D eigenvalue weighted by Crippen LogP contribution is -2.14. The second kappa shape index (κ2) is 4.90. The number of rotatable bonds is 4. The number of aromatic nitrogens is 2. The van der Waals surface area contributed by atoms with Gasteiger partial charge in [0.2, 0.25) is 0 Å². The molecule has 0 saturated heterocycles. The van der Waals surface area contributed by atoms with Gasteiger partial charge >= 0.3 is 0 Å². The van der Waals surface area contributed by atoms with E-state index in [1.54, 1.807) is 6.33 Å². The molecule has 1 heterocycles. The molecular weight excluding hydrogens is 218 g/mol. The fourth-order valence-electron chi connectivity index (χ4n) is 1.60. The van der Waals surface area contributed by atoms with Gasteiger partial charge in [-0.15, -0.1) is 0 Å². The molecule has 0 spiro atoms. The Balaban J connectivity index is 2.16. The zero-order valence-corrected chi connectivity index (χ0v) is 9.65. The van der Waals surface area contributed by atoms with Crippen LogP contribution in [0, 0.1) is 0 Å². The first kappa shape index (κ1) is 10.8. The zero-order valence-electron chi connectivity index (χ0n) is 8.84. The summed E-state index contributed by atoms with van der Waals surface area (Å²) in [4.78, 5) is 4.61. The van der Waals surface area contributed by atoms with Crippen molar-refractivity contribution in [2.45, 2.75) is 13.0 Å². The number of nitrogens with zero attached hydrogens (tertiary/aromatic N) is 2. The predicted molar refractivity (Wildman–Crippen MR) is 68.3 cm³/mol. The Morgan fingerprint density at radius 2 is 2.06 bits per heavy atom. The quantitative estimate of drug-likeness (QED) is 0.815. The van der Waals surface area contributed by atoms with E-state index >= 15 is 0 Å². The normalized spacial score (nSPS) is 10.2. The molecule has 0 radical (unpaired) electrons. The number of hydrogen-bond acceptors (Lipinski definition) is 2. The smallest absolute Gasteiger partial charge is 0.0951 e. The van der Waals surface area contributed by atoms with Crippen LogP contribution in [0.1, 0.15) is 11.3 Å². The molecule has 0 aliphatic carbocycles. The van der Waals surface area contributed by atoms with Crippen molar-refractivity contribution in [2.24, 2.45) is 5.73 Å². The van der Waals surface area contributed by atoms with Gasteiger partial charge in [-0.05, 0) is 5.56 Å². The first-order valence-corrected chi connectivity index (χ1v) is 5.48. The molecule has 0 bridgehead atoms. The van der Waals surface area contributed by atoms with Crippen LogP contribution in [0.5, 0.6) is 0 Å². The van der Waals surface area contributed by atoms with Crippen LogP contribution < -0.4 is 5.73 Å². The van der Waals surface area contributed by atoms with Crippen molar-refractivity contribution in [3.63, 3.8) is 0 Å². The molecule has 4 heteroatoms. The highest BCUT2D eigenvalue weighted by atomic mass is 32.1. The topological polar surface area (TPSA) is 43.8 Å². The van der Waals surface area contributed by atoms with E-state index in [-0.39, 0.29) is 0 Å². The minimum Gasteiger partial charge on any atom is -0.393 e. The van der Waals surface area contributed by atoms with Crippen LogP contribution in [0.15, 0.2) is 42.9 Å². The Kier molecular flexibility index (Phi) is 3.31. The number of nitrogens with two attached hydrogens (primary N) is 1. The summed E-state index contributed by atoms with van der Waals surface area (Å²) < 4.78 is 2.06. The molecule has 0 atom stereocenters. The molecule has 2 N–H and O–H groups in total. The van der Waals surface area contributed by atoms with E-state index in [9.17, 15) is 0 Å². The summed E-state index contributed by atoms with van der Waals surface area (Å²) in [5, 5.41) is 0. The third kappa shape index (κ3) is 2.67. The fourth-order valence-corrected chi connectivity index (χ4v) is 1.74. The van der Waals surface area contributed by atoms with Crippen LogP contribution in [-0.4, -0.2) is 14.5 Å². The number of hydrogen-bond donors (Lipinski definition) is 1. The van der Waals surface area contributed by atoms with Crippen molar-refractivity contribution in [1.82, 2.24) is 9.55 Å². The molecule has 0 aliphatic rings. The average molecular weight is 231 g/mol. The maximum absolute atomic E-state index is 5.54. The first-order valence-electron chi connectivity index (χ1n) is 5.07. The van der Waals surface area contributed by atoms with Gasteiger partial charge in [0.25, 0.3) is 0 Å². The lowest BCUT2D eigenvalue weighted by Gasteiger charge is -2.07. The van der Waals surface area contributed by atoms with E-state index in [1.807, 2.05) is 24.4 Å². The van der Waals surface area contributed by atoms with Crippen molar-refractivity contribution in [3.8, 4) is 0 Å². The third-order valence-electron chi connectivity index (χ3n) is 2.35. The van der Waals surface area contributed by atoms with E-state index in [1.165, 1.54) is 5.56 Å². The molecule has 0 amide bonds. The van der Waals surface area contributed by atoms with Crippen molar-refractivity contribution >= 4 is 17.2 Å². The van der Waals surface area contributed by atoms with Gasteiger partial charge in [0.05, 0.1) is 11.3 Å². The second-order valence-electron chi connectivity index (χ2n) is 3.64. The summed E-state index contributed by atoms with van der Waals surface area (Å²) in [5.74, 6) is 0. The highest BCUT2D eigenvalue weighted by Crippen LogP contribution is 2.06. The third-order valence-corrected chi connectivity index (χ3v) is 2.49. The summed E-state index contributed by atoms with van der Waals surface area (Å²) in [6.07, 6.45) is 4.21. The van der Waals surface area contributed by atoms with Crippen LogP contribution >= 0.6 is 12.2 Å². The van der Waals surface area contributed by atoms with Crippen LogP contribution in [0.2, 0.25) is 0 Å². The average Bonchev–Trinajstić information content (AvgIpc) is 2.66. The Labute approximate surface area is 99.9 Å². The Morgan fingerprint density at radius 3 is 2.75 bits per heavy atom. The molecule has 2 rings (SSSR count). The molecule has 0 saturated carbocycles. The monoisotopic (exact) mass is 231 g/mol. The minimum atomic E-state index is 0.495. The summed E-state index contributed by atoms with van der Waals surface area (Å²) in [6.45, 7) is 0.804. The van der Waals surface area contributed by atoms with Gasteiger partial charge in [0, 0.05) is 24.9 Å². The van der Waals surface area contributed by atoms with Gasteiger partial charge in [0.1, 0.15) is 0 Å². The van der Waals surface area contributed by atoms with Crippen molar-refractivity contribution in [3.05, 3.63) is 54.1 Å². The number of imidazole rings is 1. The van der Waals surface area contributed by atoms with E-state index in [0.29, 0.717) is 11.4 Å². The molecule has 0 fully saturated rings. The minimum absolute atomic E-state index is 0.495. The van der Waals surface area contributed by atoms with Crippen molar-refractivity contribution in [1.29, 1.82) is 0 Å². The van der Waals surface area contributed by atoms with Crippen molar-refractivity contribution in [2.75, 3.05) is 0 Å². The summed E-state index contributed by atoms with van der Waals surface area (Å²) in [7, 11) is 0. The molecular formula is C12H13N3S. The molecule has 0 aliphatic heterocycles. The van der Waals surface area contributed by atoms with Gasteiger partial charge in [-0.3, -0.25) is 0 Å². The highest BCUT2D eigenvalue weighted by molar-refractivity contribution is 7.80. The molecule has 16 heavy (non-hydrogen) atoms. The zero-order chi connectivity index (χ0) is 11.4. The Hall–Kier alpha value is -1.68. The van der Waals surface area contributed by atoms with Gasteiger partial charge in [-0.25, -0.2) is 4.98 Å². The SMILES string of the molecule is NC(=S)Cc1cncn1Cc1ccccc1. The molecule has 2 aromatic rings. The summed E-state index contributed by atoms with van der Waals surface area (Å²) >= 11 is 4.90. The lowest BCUT2D eigenvalue weighted by molar-refractivity contribution is 0.762. The van der Waals surface area contributed by atoms with E-state index in [0.717, 1.165) is 12.2 Å².